The van der Waals surface area contributed by atoms with E-state index in [2.05, 4.69) is 10.2 Å². The highest BCUT2D eigenvalue weighted by atomic mass is 16.2. The first-order valence-corrected chi connectivity index (χ1v) is 8.03. The van der Waals surface area contributed by atoms with Gasteiger partial charge in [0, 0.05) is 38.1 Å². The number of amides is 2. The Morgan fingerprint density at radius 3 is 2.20 bits per heavy atom. The summed E-state index contributed by atoms with van der Waals surface area (Å²) in [4.78, 5) is 28.0. The number of likely N-dealkylation sites (tertiary alicyclic amines) is 2. The second-order valence-corrected chi connectivity index (χ2v) is 6.42. The third-order valence-corrected chi connectivity index (χ3v) is 4.70. The zero-order chi connectivity index (χ0) is 13.9. The molecule has 2 aliphatic heterocycles. The molecule has 0 aromatic heterocycles. The lowest BCUT2D eigenvalue weighted by molar-refractivity contribution is -0.132. The minimum absolute atomic E-state index is 0.247. The standard InChI is InChI=1S/C15H25N3O2/c19-14(18-7-1-2-8-18)11-17-9-5-13(6-10-17)16-15(20)12-3-4-12/h12-13H,1-11H2,(H,16,20). The lowest BCUT2D eigenvalue weighted by atomic mass is 10.0. The maximum Gasteiger partial charge on any atom is 0.236 e. The van der Waals surface area contributed by atoms with Gasteiger partial charge in [0.1, 0.15) is 0 Å². The molecule has 2 saturated heterocycles. The summed E-state index contributed by atoms with van der Waals surface area (Å²) in [6.07, 6.45) is 6.39. The van der Waals surface area contributed by atoms with Crippen molar-refractivity contribution in [2.75, 3.05) is 32.7 Å². The van der Waals surface area contributed by atoms with E-state index < -0.39 is 0 Å². The van der Waals surface area contributed by atoms with Crippen LogP contribution in [-0.4, -0.2) is 60.4 Å². The van der Waals surface area contributed by atoms with Gasteiger partial charge in [-0.3, -0.25) is 14.5 Å². The van der Waals surface area contributed by atoms with Crippen LogP contribution in [0.2, 0.25) is 0 Å². The number of nitrogens with zero attached hydrogens (tertiary/aromatic N) is 2. The largest absolute Gasteiger partial charge is 0.353 e. The Bertz CT molecular complexity index is 367. The average Bonchev–Trinajstić information content (AvgIpc) is 3.16. The number of hydrogen-bond donors (Lipinski definition) is 1. The van der Waals surface area contributed by atoms with Gasteiger partial charge in [0.2, 0.25) is 11.8 Å². The topological polar surface area (TPSA) is 52.7 Å². The number of rotatable bonds is 4. The first kappa shape index (κ1) is 13.9. The Morgan fingerprint density at radius 2 is 1.60 bits per heavy atom. The van der Waals surface area contributed by atoms with Crippen LogP contribution >= 0.6 is 0 Å². The molecule has 0 spiro atoms. The zero-order valence-corrected chi connectivity index (χ0v) is 12.1. The molecule has 112 valence electrons. The molecule has 2 heterocycles. The highest BCUT2D eigenvalue weighted by molar-refractivity contribution is 5.81. The van der Waals surface area contributed by atoms with E-state index in [9.17, 15) is 9.59 Å². The van der Waals surface area contributed by atoms with E-state index >= 15 is 0 Å². The molecular formula is C15H25N3O2. The van der Waals surface area contributed by atoms with Crippen molar-refractivity contribution in [3.63, 3.8) is 0 Å². The van der Waals surface area contributed by atoms with E-state index in [1.165, 1.54) is 0 Å². The molecule has 1 N–H and O–H groups in total. The summed E-state index contributed by atoms with van der Waals surface area (Å²) < 4.78 is 0. The molecule has 1 aliphatic carbocycles. The van der Waals surface area contributed by atoms with Gasteiger partial charge in [0.25, 0.3) is 0 Å². The molecule has 0 aromatic rings. The molecule has 5 heteroatoms. The van der Waals surface area contributed by atoms with Crippen molar-refractivity contribution in [2.45, 2.75) is 44.6 Å². The Hall–Kier alpha value is -1.10. The van der Waals surface area contributed by atoms with Crippen LogP contribution in [0, 0.1) is 5.92 Å². The third-order valence-electron chi connectivity index (χ3n) is 4.70. The van der Waals surface area contributed by atoms with Gasteiger partial charge < -0.3 is 10.2 Å². The molecule has 3 aliphatic rings. The third kappa shape index (κ3) is 3.51. The summed E-state index contributed by atoms with van der Waals surface area (Å²) in [5.41, 5.74) is 0. The van der Waals surface area contributed by atoms with Crippen molar-refractivity contribution in [3.05, 3.63) is 0 Å². The van der Waals surface area contributed by atoms with Crippen LogP contribution in [0.1, 0.15) is 38.5 Å². The van der Waals surface area contributed by atoms with Crippen molar-refractivity contribution in [3.8, 4) is 0 Å². The Labute approximate surface area is 120 Å². The molecule has 0 aromatic carbocycles. The SMILES string of the molecule is O=C(NC1CCN(CC(=O)N2CCCC2)CC1)C1CC1. The summed E-state index contributed by atoms with van der Waals surface area (Å²) in [5, 5.41) is 3.15. The Balaban J connectivity index is 1.37. The molecule has 2 amide bonds. The van der Waals surface area contributed by atoms with Crippen LogP contribution in [0.15, 0.2) is 0 Å². The monoisotopic (exact) mass is 279 g/mol. The summed E-state index contributed by atoms with van der Waals surface area (Å²) in [6, 6.07) is 0.321. The van der Waals surface area contributed by atoms with E-state index in [0.29, 0.717) is 18.5 Å². The van der Waals surface area contributed by atoms with Crippen LogP contribution in [0.25, 0.3) is 0 Å². The minimum Gasteiger partial charge on any atom is -0.353 e. The fourth-order valence-corrected chi connectivity index (χ4v) is 3.16. The van der Waals surface area contributed by atoms with Gasteiger partial charge in [-0.25, -0.2) is 0 Å². The first-order valence-electron chi connectivity index (χ1n) is 8.03. The van der Waals surface area contributed by atoms with E-state index in [1.54, 1.807) is 0 Å². The highest BCUT2D eigenvalue weighted by Crippen LogP contribution is 2.29. The predicted molar refractivity (Wildman–Crippen MR) is 76.1 cm³/mol. The van der Waals surface area contributed by atoms with Gasteiger partial charge in [-0.2, -0.15) is 0 Å². The van der Waals surface area contributed by atoms with Crippen LogP contribution in [0.4, 0.5) is 0 Å². The zero-order valence-electron chi connectivity index (χ0n) is 12.1. The van der Waals surface area contributed by atoms with Gasteiger partial charge in [0.05, 0.1) is 6.54 Å². The number of carbonyl (C=O) groups excluding carboxylic acids is 2. The molecule has 3 rings (SSSR count). The van der Waals surface area contributed by atoms with E-state index in [0.717, 1.165) is 64.7 Å². The van der Waals surface area contributed by atoms with Gasteiger partial charge in [-0.05, 0) is 38.5 Å². The normalized spacial score (nSPS) is 24.9. The fraction of sp³-hybridized carbons (Fsp3) is 0.867. The van der Waals surface area contributed by atoms with Crippen LogP contribution in [0.3, 0.4) is 0 Å². The van der Waals surface area contributed by atoms with Crippen LogP contribution < -0.4 is 5.32 Å². The van der Waals surface area contributed by atoms with E-state index in [1.807, 2.05) is 4.90 Å². The van der Waals surface area contributed by atoms with Crippen molar-refractivity contribution >= 4 is 11.8 Å². The van der Waals surface area contributed by atoms with E-state index in [4.69, 9.17) is 0 Å². The van der Waals surface area contributed by atoms with E-state index in [-0.39, 0.29) is 11.8 Å². The average molecular weight is 279 g/mol. The van der Waals surface area contributed by atoms with Crippen molar-refractivity contribution in [1.82, 2.24) is 15.1 Å². The van der Waals surface area contributed by atoms with Gasteiger partial charge >= 0.3 is 0 Å². The summed E-state index contributed by atoms with van der Waals surface area (Å²) in [5.74, 6) is 0.823. The predicted octanol–water partition coefficient (Wildman–Crippen LogP) is 0.599. The molecule has 0 bridgehead atoms. The van der Waals surface area contributed by atoms with Crippen LogP contribution in [-0.2, 0) is 9.59 Å². The smallest absolute Gasteiger partial charge is 0.236 e. The van der Waals surface area contributed by atoms with Crippen molar-refractivity contribution < 1.29 is 9.59 Å². The Kier molecular flexibility index (Phi) is 4.24. The number of nitrogens with one attached hydrogen (secondary N) is 1. The molecule has 0 radical (unpaired) electrons. The van der Waals surface area contributed by atoms with Crippen LogP contribution in [0.5, 0.6) is 0 Å². The molecule has 0 unspecified atom stereocenters. The van der Waals surface area contributed by atoms with Gasteiger partial charge in [0.15, 0.2) is 0 Å². The highest BCUT2D eigenvalue weighted by Gasteiger charge is 2.32. The number of carbonyl (C=O) groups is 2. The molecule has 3 fully saturated rings. The first-order chi connectivity index (χ1) is 9.72. The fourth-order valence-electron chi connectivity index (χ4n) is 3.16. The minimum atomic E-state index is 0.247. The molecule has 5 nitrogen and oxygen atoms in total. The number of hydrogen-bond acceptors (Lipinski definition) is 3. The summed E-state index contributed by atoms with van der Waals surface area (Å²) in [7, 11) is 0. The molecule has 0 atom stereocenters. The Morgan fingerprint density at radius 1 is 0.950 bits per heavy atom. The quantitative estimate of drug-likeness (QED) is 0.820. The second-order valence-electron chi connectivity index (χ2n) is 6.42. The van der Waals surface area contributed by atoms with Gasteiger partial charge in [-0.1, -0.05) is 0 Å². The number of piperidine rings is 1. The van der Waals surface area contributed by atoms with Crippen molar-refractivity contribution in [2.24, 2.45) is 5.92 Å². The lowest BCUT2D eigenvalue weighted by Gasteiger charge is -2.32. The summed E-state index contributed by atoms with van der Waals surface area (Å²) in [6.45, 7) is 4.28. The van der Waals surface area contributed by atoms with Crippen molar-refractivity contribution in [1.29, 1.82) is 0 Å². The lowest BCUT2D eigenvalue weighted by Crippen LogP contribution is -2.48. The molecule has 1 saturated carbocycles. The van der Waals surface area contributed by atoms with Gasteiger partial charge in [-0.15, -0.1) is 0 Å². The molecular weight excluding hydrogens is 254 g/mol. The summed E-state index contributed by atoms with van der Waals surface area (Å²) >= 11 is 0. The molecule has 20 heavy (non-hydrogen) atoms. The maximum atomic E-state index is 12.1. The maximum absolute atomic E-state index is 12.1. The second kappa shape index (κ2) is 6.12.